The van der Waals surface area contributed by atoms with Crippen molar-refractivity contribution in [3.63, 3.8) is 0 Å². The van der Waals surface area contributed by atoms with Gasteiger partial charge in [0.15, 0.2) is 5.43 Å². The van der Waals surface area contributed by atoms with Gasteiger partial charge in [-0.15, -0.1) is 0 Å². The second kappa shape index (κ2) is 4.61. The highest BCUT2D eigenvalue weighted by Crippen LogP contribution is 2.04. The number of hydrogen-bond acceptors (Lipinski definition) is 3. The Hall–Kier alpha value is -2.43. The monoisotopic (exact) mass is 230 g/mol. The highest BCUT2D eigenvalue weighted by atomic mass is 16.4. The van der Waals surface area contributed by atoms with E-state index in [2.05, 4.69) is 4.98 Å². The summed E-state index contributed by atoms with van der Waals surface area (Å²) < 4.78 is 1.79. The second-order valence-electron chi connectivity index (χ2n) is 3.56. The van der Waals surface area contributed by atoms with E-state index in [1.54, 1.807) is 23.0 Å². The van der Waals surface area contributed by atoms with Crippen molar-refractivity contribution in [3.8, 4) is 0 Å². The molecule has 0 aliphatic heterocycles. The first kappa shape index (κ1) is 11.1. The van der Waals surface area contributed by atoms with Crippen molar-refractivity contribution in [1.82, 2.24) is 9.55 Å². The van der Waals surface area contributed by atoms with Crippen LogP contribution in [0.1, 0.15) is 16.1 Å². The van der Waals surface area contributed by atoms with E-state index in [0.717, 1.165) is 5.56 Å². The molecule has 0 bridgehead atoms. The first-order valence-electron chi connectivity index (χ1n) is 4.99. The topological polar surface area (TPSA) is 72.2 Å². The lowest BCUT2D eigenvalue weighted by molar-refractivity contribution is 0.0690. The average Bonchev–Trinajstić information content (AvgIpc) is 2.32. The summed E-state index contributed by atoms with van der Waals surface area (Å²) in [4.78, 5) is 25.4. The van der Waals surface area contributed by atoms with Gasteiger partial charge >= 0.3 is 5.97 Å². The number of carboxylic acids is 1. The van der Waals surface area contributed by atoms with E-state index in [0.29, 0.717) is 6.54 Å². The van der Waals surface area contributed by atoms with Crippen LogP contribution in [0.5, 0.6) is 0 Å². The van der Waals surface area contributed by atoms with Crippen molar-refractivity contribution in [2.45, 2.75) is 6.54 Å². The second-order valence-corrected chi connectivity index (χ2v) is 3.56. The van der Waals surface area contributed by atoms with E-state index in [4.69, 9.17) is 5.11 Å². The van der Waals surface area contributed by atoms with Gasteiger partial charge in [-0.05, 0) is 17.7 Å². The largest absolute Gasteiger partial charge is 0.477 e. The summed E-state index contributed by atoms with van der Waals surface area (Å²) in [5.41, 5.74) is 0.784. The Morgan fingerprint density at radius 3 is 2.65 bits per heavy atom. The highest BCUT2D eigenvalue weighted by molar-refractivity contribution is 5.85. The van der Waals surface area contributed by atoms with Gasteiger partial charge < -0.3 is 9.67 Å². The molecule has 0 unspecified atom stereocenters. The molecule has 86 valence electrons. The Labute approximate surface area is 97.0 Å². The average molecular weight is 230 g/mol. The fourth-order valence-corrected chi connectivity index (χ4v) is 1.45. The number of carboxylic acid groups (broad SMARTS) is 1. The SMILES string of the molecule is O=C(O)c1cc(Cn2ccc(=O)cc2)ccn1. The first-order valence-corrected chi connectivity index (χ1v) is 4.99. The van der Waals surface area contributed by atoms with Gasteiger partial charge in [-0.3, -0.25) is 4.79 Å². The minimum atomic E-state index is -1.05. The minimum Gasteiger partial charge on any atom is -0.477 e. The molecule has 2 aromatic rings. The molecule has 0 saturated carbocycles. The van der Waals surface area contributed by atoms with Crippen LogP contribution in [0.4, 0.5) is 0 Å². The Balaban J connectivity index is 2.24. The molecule has 0 aromatic carbocycles. The smallest absolute Gasteiger partial charge is 0.354 e. The van der Waals surface area contributed by atoms with Gasteiger partial charge in [0.25, 0.3) is 0 Å². The molecule has 2 aromatic heterocycles. The molecular formula is C12H10N2O3. The van der Waals surface area contributed by atoms with Crippen LogP contribution in [0, 0.1) is 0 Å². The maximum Gasteiger partial charge on any atom is 0.354 e. The van der Waals surface area contributed by atoms with Crippen LogP contribution < -0.4 is 5.43 Å². The molecule has 2 heterocycles. The Bertz CT molecular complexity index is 584. The van der Waals surface area contributed by atoms with Crippen molar-refractivity contribution in [1.29, 1.82) is 0 Å². The van der Waals surface area contributed by atoms with E-state index in [1.807, 2.05) is 0 Å². The van der Waals surface area contributed by atoms with Crippen LogP contribution >= 0.6 is 0 Å². The van der Waals surface area contributed by atoms with Crippen molar-refractivity contribution >= 4 is 5.97 Å². The Kier molecular flexibility index (Phi) is 3.00. The standard InChI is InChI=1S/C12H10N2O3/c15-10-2-5-14(6-3-10)8-9-1-4-13-11(7-9)12(16)17/h1-7H,8H2,(H,16,17). The summed E-state index contributed by atoms with van der Waals surface area (Å²) in [5.74, 6) is -1.05. The van der Waals surface area contributed by atoms with E-state index < -0.39 is 5.97 Å². The molecule has 0 amide bonds. The number of nitrogens with zero attached hydrogens (tertiary/aromatic N) is 2. The number of hydrogen-bond donors (Lipinski definition) is 1. The minimum absolute atomic E-state index is 0.0172. The van der Waals surface area contributed by atoms with E-state index >= 15 is 0 Å². The molecular weight excluding hydrogens is 220 g/mol. The quantitative estimate of drug-likeness (QED) is 0.853. The maximum atomic E-state index is 10.9. The lowest BCUT2D eigenvalue weighted by Crippen LogP contribution is -2.06. The molecule has 1 N–H and O–H groups in total. The Morgan fingerprint density at radius 1 is 1.29 bits per heavy atom. The first-order chi connectivity index (χ1) is 8.15. The van der Waals surface area contributed by atoms with Crippen LogP contribution in [-0.4, -0.2) is 20.6 Å². The van der Waals surface area contributed by atoms with Crippen molar-refractivity contribution < 1.29 is 9.90 Å². The molecule has 0 atom stereocenters. The molecule has 0 fully saturated rings. The predicted molar refractivity (Wildman–Crippen MR) is 61.0 cm³/mol. The van der Waals surface area contributed by atoms with Gasteiger partial charge in [0.05, 0.1) is 0 Å². The molecule has 0 radical (unpaired) electrons. The van der Waals surface area contributed by atoms with Crippen molar-refractivity contribution in [2.24, 2.45) is 0 Å². The molecule has 2 rings (SSSR count). The maximum absolute atomic E-state index is 10.9. The van der Waals surface area contributed by atoms with Gasteiger partial charge in [-0.1, -0.05) is 0 Å². The molecule has 17 heavy (non-hydrogen) atoms. The van der Waals surface area contributed by atoms with Gasteiger partial charge in [-0.25, -0.2) is 9.78 Å². The van der Waals surface area contributed by atoms with Crippen molar-refractivity contribution in [3.05, 3.63) is 64.3 Å². The van der Waals surface area contributed by atoms with Crippen LogP contribution in [0.15, 0.2) is 47.7 Å². The Morgan fingerprint density at radius 2 is 2.00 bits per heavy atom. The van der Waals surface area contributed by atoms with Gasteiger partial charge in [-0.2, -0.15) is 0 Å². The van der Waals surface area contributed by atoms with Crippen LogP contribution in [0.2, 0.25) is 0 Å². The van der Waals surface area contributed by atoms with E-state index in [-0.39, 0.29) is 11.1 Å². The van der Waals surface area contributed by atoms with Crippen molar-refractivity contribution in [2.75, 3.05) is 0 Å². The van der Waals surface area contributed by atoms with Gasteiger partial charge in [0, 0.05) is 37.3 Å². The summed E-state index contributed by atoms with van der Waals surface area (Å²) in [7, 11) is 0. The fraction of sp³-hybridized carbons (Fsp3) is 0.0833. The van der Waals surface area contributed by atoms with Crippen LogP contribution in [0.25, 0.3) is 0 Å². The molecule has 0 aliphatic rings. The zero-order valence-electron chi connectivity index (χ0n) is 8.91. The van der Waals surface area contributed by atoms with Gasteiger partial charge in [0.1, 0.15) is 5.69 Å². The summed E-state index contributed by atoms with van der Waals surface area (Å²) >= 11 is 0. The summed E-state index contributed by atoms with van der Waals surface area (Å²) in [6.45, 7) is 0.503. The third-order valence-electron chi connectivity index (χ3n) is 2.27. The van der Waals surface area contributed by atoms with E-state index in [9.17, 15) is 9.59 Å². The molecule has 0 aliphatic carbocycles. The third-order valence-corrected chi connectivity index (χ3v) is 2.27. The summed E-state index contributed by atoms with van der Waals surface area (Å²) in [5, 5.41) is 8.80. The zero-order valence-corrected chi connectivity index (χ0v) is 8.91. The number of rotatable bonds is 3. The molecule has 0 saturated heterocycles. The molecule has 5 nitrogen and oxygen atoms in total. The normalized spacial score (nSPS) is 10.1. The predicted octanol–water partition coefficient (Wildman–Crippen LogP) is 0.990. The molecule has 0 spiro atoms. The number of pyridine rings is 2. The number of carbonyl (C=O) groups is 1. The zero-order chi connectivity index (χ0) is 12.3. The number of aromatic nitrogens is 2. The third kappa shape index (κ3) is 2.78. The lowest BCUT2D eigenvalue weighted by Gasteiger charge is -2.05. The van der Waals surface area contributed by atoms with E-state index in [1.165, 1.54) is 24.4 Å². The van der Waals surface area contributed by atoms with Crippen LogP contribution in [0.3, 0.4) is 0 Å². The summed E-state index contributed by atoms with van der Waals surface area (Å²) in [6, 6.07) is 6.17. The fourth-order valence-electron chi connectivity index (χ4n) is 1.45. The summed E-state index contributed by atoms with van der Waals surface area (Å²) in [6.07, 6.45) is 4.77. The van der Waals surface area contributed by atoms with Gasteiger partial charge in [0.2, 0.25) is 0 Å². The molecule has 5 heteroatoms. The van der Waals surface area contributed by atoms with Crippen LogP contribution in [-0.2, 0) is 6.54 Å². The highest BCUT2D eigenvalue weighted by Gasteiger charge is 2.04. The lowest BCUT2D eigenvalue weighted by atomic mass is 10.2. The number of aromatic carboxylic acids is 1.